The van der Waals surface area contributed by atoms with E-state index in [-0.39, 0.29) is 36.6 Å². The van der Waals surface area contributed by atoms with E-state index in [4.69, 9.17) is 0 Å². The maximum absolute atomic E-state index is 10.7. The Kier molecular flexibility index (Phi) is 9.55. The van der Waals surface area contributed by atoms with Crippen molar-refractivity contribution in [1.82, 2.24) is 10.2 Å². The van der Waals surface area contributed by atoms with Crippen LogP contribution >= 0.6 is 40.7 Å². The zero-order valence-electron chi connectivity index (χ0n) is 14.2. The third kappa shape index (κ3) is 5.02. The van der Waals surface area contributed by atoms with Crippen LogP contribution in [0.1, 0.15) is 49.3 Å². The fraction of sp³-hybridized carbons (Fsp3) is 0.611. The van der Waals surface area contributed by atoms with Crippen LogP contribution < -0.4 is 5.32 Å². The number of benzene rings is 1. The number of hydrogen-bond donors (Lipinski definition) is 2. The number of piperazine rings is 1. The van der Waals surface area contributed by atoms with Crippen molar-refractivity contribution in [2.45, 2.75) is 38.1 Å². The molecule has 25 heavy (non-hydrogen) atoms. The lowest BCUT2D eigenvalue weighted by atomic mass is 9.79. The van der Waals surface area contributed by atoms with Gasteiger partial charge in [0.25, 0.3) is 0 Å². The Morgan fingerprint density at radius 3 is 2.40 bits per heavy atom. The summed E-state index contributed by atoms with van der Waals surface area (Å²) in [5.41, 5.74) is 1.29. The Morgan fingerprint density at radius 2 is 1.80 bits per heavy atom. The van der Waals surface area contributed by atoms with Gasteiger partial charge in [0.05, 0.1) is 5.56 Å². The summed E-state index contributed by atoms with van der Waals surface area (Å²) < 4.78 is 0.920. The number of aromatic hydroxyl groups is 1. The van der Waals surface area contributed by atoms with Gasteiger partial charge in [0.2, 0.25) is 0 Å². The second-order valence-corrected chi connectivity index (χ2v) is 7.45. The van der Waals surface area contributed by atoms with Crippen LogP contribution in [0.5, 0.6) is 5.75 Å². The highest BCUT2D eigenvalue weighted by atomic mass is 79.9. The van der Waals surface area contributed by atoms with E-state index >= 15 is 0 Å². The van der Waals surface area contributed by atoms with Gasteiger partial charge in [0.15, 0.2) is 0 Å². The molecule has 1 saturated carbocycles. The summed E-state index contributed by atoms with van der Waals surface area (Å²) in [5.74, 6) is 0.717. The molecule has 140 valence electrons. The molecular formula is C18H26BrCl2N3O. The Balaban J connectivity index is 0.00000156. The third-order valence-electron chi connectivity index (χ3n) is 5.22. The minimum atomic E-state index is 0. The maximum atomic E-state index is 10.7. The molecular weight excluding hydrogens is 425 g/mol. The largest absolute Gasteiger partial charge is 0.506 e. The molecule has 0 aromatic heterocycles. The van der Waals surface area contributed by atoms with E-state index in [0.29, 0.717) is 11.5 Å². The van der Waals surface area contributed by atoms with Gasteiger partial charge in [-0.05, 0) is 30.9 Å². The van der Waals surface area contributed by atoms with Crippen molar-refractivity contribution in [2.75, 3.05) is 26.2 Å². The van der Waals surface area contributed by atoms with Gasteiger partial charge >= 0.3 is 0 Å². The first-order chi connectivity index (χ1) is 11.2. The van der Waals surface area contributed by atoms with Crippen molar-refractivity contribution in [2.24, 2.45) is 5.92 Å². The Hall–Kier alpha value is -0.510. The van der Waals surface area contributed by atoms with Gasteiger partial charge < -0.3 is 10.4 Å². The Morgan fingerprint density at radius 1 is 1.16 bits per heavy atom. The first kappa shape index (κ1) is 22.5. The number of phenols is 1. The van der Waals surface area contributed by atoms with E-state index in [0.717, 1.165) is 36.2 Å². The number of nitrogens with zero attached hydrogens (tertiary/aromatic N) is 2. The number of nitriles is 1. The first-order valence-electron chi connectivity index (χ1n) is 8.58. The van der Waals surface area contributed by atoms with Crippen LogP contribution in [0.2, 0.25) is 0 Å². The fourth-order valence-electron chi connectivity index (χ4n) is 4.08. The Labute approximate surface area is 170 Å². The molecule has 1 heterocycles. The molecule has 1 aromatic rings. The van der Waals surface area contributed by atoms with Crippen LogP contribution in [0.15, 0.2) is 16.6 Å². The SMILES string of the molecule is Cl.Cl.N#Cc1ccc(Br)c([C@H](C2CCCCC2)N2CCNCC2)c1O. The standard InChI is InChI=1S/C18H24BrN3O.2ClH/c19-15-7-6-14(12-20)18(23)16(15)17(13-4-2-1-3-5-13)22-10-8-21-9-11-22;;/h6-7,13,17,21,23H,1-5,8-11H2;2*1H/t17-;;/m0../s1. The predicted octanol–water partition coefficient (Wildman–Crippen LogP) is 4.40. The monoisotopic (exact) mass is 449 g/mol. The highest BCUT2D eigenvalue weighted by Gasteiger charge is 2.34. The van der Waals surface area contributed by atoms with Crippen LogP contribution in [0.4, 0.5) is 0 Å². The van der Waals surface area contributed by atoms with Gasteiger partial charge in [-0.15, -0.1) is 24.8 Å². The quantitative estimate of drug-likeness (QED) is 0.716. The molecule has 0 amide bonds. The van der Waals surface area contributed by atoms with Crippen LogP contribution in [-0.4, -0.2) is 36.2 Å². The Bertz CT molecular complexity index is 579. The summed E-state index contributed by atoms with van der Waals surface area (Å²) in [6.45, 7) is 3.95. The van der Waals surface area contributed by atoms with E-state index < -0.39 is 0 Å². The summed E-state index contributed by atoms with van der Waals surface area (Å²) in [6.07, 6.45) is 6.26. The molecule has 1 saturated heterocycles. The van der Waals surface area contributed by atoms with Gasteiger partial charge in [0.1, 0.15) is 11.8 Å². The van der Waals surface area contributed by atoms with E-state index in [9.17, 15) is 10.4 Å². The van der Waals surface area contributed by atoms with Crippen molar-refractivity contribution in [3.05, 3.63) is 27.7 Å². The average Bonchev–Trinajstić information content (AvgIpc) is 2.60. The number of nitrogens with one attached hydrogen (secondary N) is 1. The molecule has 3 rings (SSSR count). The minimum Gasteiger partial charge on any atom is -0.506 e. The second-order valence-electron chi connectivity index (χ2n) is 6.60. The van der Waals surface area contributed by atoms with E-state index in [2.05, 4.69) is 32.2 Å². The summed E-state index contributed by atoms with van der Waals surface area (Å²) in [4.78, 5) is 2.49. The molecule has 0 bridgehead atoms. The lowest BCUT2D eigenvalue weighted by Gasteiger charge is -2.41. The summed E-state index contributed by atoms with van der Waals surface area (Å²) >= 11 is 3.63. The first-order valence-corrected chi connectivity index (χ1v) is 9.38. The molecule has 1 aliphatic heterocycles. The van der Waals surface area contributed by atoms with Crippen molar-refractivity contribution in [1.29, 1.82) is 5.26 Å². The zero-order chi connectivity index (χ0) is 16.2. The topological polar surface area (TPSA) is 59.3 Å². The van der Waals surface area contributed by atoms with Crippen LogP contribution in [0.25, 0.3) is 0 Å². The average molecular weight is 451 g/mol. The van der Waals surface area contributed by atoms with Gasteiger partial charge in [-0.1, -0.05) is 35.2 Å². The molecule has 4 nitrogen and oxygen atoms in total. The fourth-order valence-corrected chi connectivity index (χ4v) is 4.64. The van der Waals surface area contributed by atoms with Crippen LogP contribution in [0.3, 0.4) is 0 Å². The van der Waals surface area contributed by atoms with Crippen molar-refractivity contribution < 1.29 is 5.11 Å². The van der Waals surface area contributed by atoms with Crippen LogP contribution in [0, 0.1) is 17.2 Å². The predicted molar refractivity (Wildman–Crippen MR) is 109 cm³/mol. The molecule has 0 unspecified atom stereocenters. The number of halogens is 3. The summed E-state index contributed by atoms with van der Waals surface area (Å²) in [7, 11) is 0. The van der Waals surface area contributed by atoms with Crippen molar-refractivity contribution in [3.63, 3.8) is 0 Å². The molecule has 0 spiro atoms. The van der Waals surface area contributed by atoms with E-state index in [1.54, 1.807) is 6.07 Å². The van der Waals surface area contributed by atoms with E-state index in [1.165, 1.54) is 32.1 Å². The third-order valence-corrected chi connectivity index (χ3v) is 5.91. The summed E-state index contributed by atoms with van der Waals surface area (Å²) in [5, 5.41) is 23.4. The van der Waals surface area contributed by atoms with Crippen molar-refractivity contribution >= 4 is 40.7 Å². The van der Waals surface area contributed by atoms with Gasteiger partial charge in [-0.3, -0.25) is 4.90 Å². The van der Waals surface area contributed by atoms with Gasteiger partial charge in [-0.25, -0.2) is 0 Å². The molecule has 2 fully saturated rings. The molecule has 0 radical (unpaired) electrons. The lowest BCUT2D eigenvalue weighted by molar-refractivity contribution is 0.101. The second kappa shape index (κ2) is 10.6. The maximum Gasteiger partial charge on any atom is 0.139 e. The molecule has 1 aromatic carbocycles. The molecule has 1 atom stereocenters. The minimum absolute atomic E-state index is 0. The molecule has 2 aliphatic rings. The number of hydrogen-bond acceptors (Lipinski definition) is 4. The van der Waals surface area contributed by atoms with Crippen LogP contribution in [-0.2, 0) is 0 Å². The van der Waals surface area contributed by atoms with E-state index in [1.807, 2.05) is 6.07 Å². The highest BCUT2D eigenvalue weighted by Crippen LogP contribution is 2.45. The summed E-state index contributed by atoms with van der Waals surface area (Å²) in [6, 6.07) is 5.92. The van der Waals surface area contributed by atoms with Crippen molar-refractivity contribution in [3.8, 4) is 11.8 Å². The van der Waals surface area contributed by atoms with Gasteiger partial charge in [-0.2, -0.15) is 5.26 Å². The molecule has 7 heteroatoms. The highest BCUT2D eigenvalue weighted by molar-refractivity contribution is 9.10. The molecule has 1 aliphatic carbocycles. The lowest BCUT2D eigenvalue weighted by Crippen LogP contribution is -2.47. The molecule has 2 N–H and O–H groups in total. The number of phenolic OH excluding ortho intramolecular Hbond substituents is 1. The number of rotatable bonds is 3. The normalized spacial score (nSPS) is 20.0. The van der Waals surface area contributed by atoms with Gasteiger partial charge in [0, 0.05) is 42.3 Å². The smallest absolute Gasteiger partial charge is 0.139 e. The zero-order valence-corrected chi connectivity index (χ0v) is 17.4.